The Hall–Kier alpha value is -1.79. The number of hydrogen-bond acceptors (Lipinski definition) is 3. The fourth-order valence-corrected chi connectivity index (χ4v) is 0.889. The van der Waals surface area contributed by atoms with Gasteiger partial charge in [-0.25, -0.2) is 4.79 Å². The highest BCUT2D eigenvalue weighted by Crippen LogP contribution is 1.91. The van der Waals surface area contributed by atoms with Crippen LogP contribution in [0.2, 0.25) is 0 Å². The highest BCUT2D eigenvalue weighted by molar-refractivity contribution is 5.85. The summed E-state index contributed by atoms with van der Waals surface area (Å²) in [7, 11) is 0. The zero-order valence-electron chi connectivity index (χ0n) is 8.69. The van der Waals surface area contributed by atoms with Crippen molar-refractivity contribution in [2.24, 2.45) is 5.73 Å². The van der Waals surface area contributed by atoms with E-state index >= 15 is 0 Å². The molecule has 0 aliphatic rings. The van der Waals surface area contributed by atoms with Gasteiger partial charge in [0.1, 0.15) is 13.1 Å². The molecule has 0 aromatic carbocycles. The van der Waals surface area contributed by atoms with Gasteiger partial charge in [0.2, 0.25) is 5.91 Å². The van der Waals surface area contributed by atoms with Gasteiger partial charge < -0.3 is 21.1 Å². The number of carboxylic acids is 1. The van der Waals surface area contributed by atoms with Crippen molar-refractivity contribution in [3.8, 4) is 0 Å². The van der Waals surface area contributed by atoms with Crippen molar-refractivity contribution in [3.63, 3.8) is 0 Å². The maximum Gasteiger partial charge on any atom is 0.323 e. The van der Waals surface area contributed by atoms with Gasteiger partial charge in [-0.1, -0.05) is 0 Å². The largest absolute Gasteiger partial charge is 0.480 e. The molecule has 0 spiro atoms. The van der Waals surface area contributed by atoms with Crippen LogP contribution < -0.4 is 11.1 Å². The summed E-state index contributed by atoms with van der Waals surface area (Å²) in [5.41, 5.74) is 4.88. The number of carboxylic acid groups (broad SMARTS) is 1. The van der Waals surface area contributed by atoms with Crippen molar-refractivity contribution in [1.82, 2.24) is 10.2 Å². The number of urea groups is 1. The van der Waals surface area contributed by atoms with Gasteiger partial charge in [0.15, 0.2) is 0 Å². The number of amides is 3. The molecule has 0 fully saturated rings. The van der Waals surface area contributed by atoms with E-state index in [0.717, 1.165) is 4.90 Å². The van der Waals surface area contributed by atoms with Crippen LogP contribution in [-0.4, -0.2) is 47.0 Å². The van der Waals surface area contributed by atoms with Crippen molar-refractivity contribution in [2.75, 3.05) is 13.1 Å². The molecule has 0 heterocycles. The highest BCUT2D eigenvalue weighted by Gasteiger charge is 2.18. The number of nitrogens with zero attached hydrogens (tertiary/aromatic N) is 1. The van der Waals surface area contributed by atoms with Crippen molar-refractivity contribution >= 4 is 17.9 Å². The van der Waals surface area contributed by atoms with Crippen LogP contribution in [0.15, 0.2) is 0 Å². The molecule has 0 aromatic rings. The Kier molecular flexibility index (Phi) is 5.14. The predicted octanol–water partition coefficient (Wildman–Crippen LogP) is -1.02. The van der Waals surface area contributed by atoms with E-state index in [1.54, 1.807) is 13.8 Å². The van der Waals surface area contributed by atoms with Gasteiger partial charge in [0.05, 0.1) is 0 Å². The lowest BCUT2D eigenvalue weighted by atomic mass is 10.4. The molecular formula is C8H15N3O4. The average Bonchev–Trinajstić information content (AvgIpc) is 1.99. The number of aliphatic carboxylic acids is 1. The maximum absolute atomic E-state index is 11.4. The number of carbonyl (C=O) groups is 3. The van der Waals surface area contributed by atoms with Gasteiger partial charge in [-0.3, -0.25) is 9.59 Å². The second kappa shape index (κ2) is 5.84. The summed E-state index contributed by atoms with van der Waals surface area (Å²) >= 11 is 0. The van der Waals surface area contributed by atoms with Crippen LogP contribution in [0.1, 0.15) is 13.8 Å². The van der Waals surface area contributed by atoms with E-state index in [1.807, 2.05) is 0 Å². The molecule has 0 unspecified atom stereocenters. The van der Waals surface area contributed by atoms with E-state index < -0.39 is 31.0 Å². The molecule has 7 nitrogen and oxygen atoms in total. The van der Waals surface area contributed by atoms with Crippen LogP contribution in [0.3, 0.4) is 0 Å². The molecule has 0 aliphatic heterocycles. The van der Waals surface area contributed by atoms with Crippen LogP contribution in [0.5, 0.6) is 0 Å². The Bertz CT molecular complexity index is 249. The van der Waals surface area contributed by atoms with E-state index in [1.165, 1.54) is 0 Å². The first-order chi connectivity index (χ1) is 6.82. The molecule has 0 saturated carbocycles. The van der Waals surface area contributed by atoms with Crippen molar-refractivity contribution < 1.29 is 19.5 Å². The topological polar surface area (TPSA) is 113 Å². The normalized spacial score (nSPS) is 9.80. The summed E-state index contributed by atoms with van der Waals surface area (Å²) in [4.78, 5) is 33.2. The van der Waals surface area contributed by atoms with Crippen LogP contribution in [0.4, 0.5) is 4.79 Å². The smallest absolute Gasteiger partial charge is 0.323 e. The Morgan fingerprint density at radius 1 is 1.33 bits per heavy atom. The molecule has 0 aliphatic carbocycles. The molecule has 0 atom stereocenters. The number of hydrogen-bond donors (Lipinski definition) is 3. The quantitative estimate of drug-likeness (QED) is 0.546. The standard InChI is InChI=1S/C8H15N3O4/c1-5(2)10-8(15)11(3-6(9)12)4-7(13)14/h5H,3-4H2,1-2H3,(H2,9,12)(H,10,15)(H,13,14). The SMILES string of the molecule is CC(C)NC(=O)N(CC(N)=O)CC(=O)O. The van der Waals surface area contributed by atoms with Gasteiger partial charge in [0, 0.05) is 6.04 Å². The van der Waals surface area contributed by atoms with Crippen LogP contribution in [-0.2, 0) is 9.59 Å². The molecule has 0 aromatic heterocycles. The maximum atomic E-state index is 11.4. The van der Waals surface area contributed by atoms with Crippen LogP contribution in [0.25, 0.3) is 0 Å². The lowest BCUT2D eigenvalue weighted by Crippen LogP contribution is -2.48. The van der Waals surface area contributed by atoms with Crippen LogP contribution >= 0.6 is 0 Å². The fourth-order valence-electron chi connectivity index (χ4n) is 0.889. The summed E-state index contributed by atoms with van der Waals surface area (Å²) in [6.07, 6.45) is 0. The lowest BCUT2D eigenvalue weighted by molar-refractivity contribution is -0.137. The Balaban J connectivity index is 4.40. The van der Waals surface area contributed by atoms with Crippen molar-refractivity contribution in [2.45, 2.75) is 19.9 Å². The molecule has 15 heavy (non-hydrogen) atoms. The monoisotopic (exact) mass is 217 g/mol. The molecule has 3 amide bonds. The predicted molar refractivity (Wildman–Crippen MR) is 52.1 cm³/mol. The summed E-state index contributed by atoms with van der Waals surface area (Å²) < 4.78 is 0. The van der Waals surface area contributed by atoms with Gasteiger partial charge in [-0.2, -0.15) is 0 Å². The van der Waals surface area contributed by atoms with E-state index in [4.69, 9.17) is 10.8 Å². The number of rotatable bonds is 5. The highest BCUT2D eigenvalue weighted by atomic mass is 16.4. The summed E-state index contributed by atoms with van der Waals surface area (Å²) in [5.74, 6) is -1.95. The zero-order chi connectivity index (χ0) is 12.0. The van der Waals surface area contributed by atoms with Crippen molar-refractivity contribution in [1.29, 1.82) is 0 Å². The Labute approximate surface area is 87.2 Å². The number of primary amides is 1. The van der Waals surface area contributed by atoms with E-state index in [2.05, 4.69) is 5.32 Å². The first-order valence-electron chi connectivity index (χ1n) is 4.38. The second-order valence-corrected chi connectivity index (χ2v) is 3.32. The zero-order valence-corrected chi connectivity index (χ0v) is 8.69. The van der Waals surface area contributed by atoms with Crippen LogP contribution in [0, 0.1) is 0 Å². The van der Waals surface area contributed by atoms with Crippen molar-refractivity contribution in [3.05, 3.63) is 0 Å². The number of nitrogens with one attached hydrogen (secondary N) is 1. The molecule has 7 heteroatoms. The van der Waals surface area contributed by atoms with Gasteiger partial charge in [0.25, 0.3) is 0 Å². The second-order valence-electron chi connectivity index (χ2n) is 3.32. The van der Waals surface area contributed by atoms with E-state index in [0.29, 0.717) is 0 Å². The summed E-state index contributed by atoms with van der Waals surface area (Å²) in [5, 5.41) is 11.0. The molecule has 0 rings (SSSR count). The third kappa shape index (κ3) is 6.30. The van der Waals surface area contributed by atoms with E-state index in [9.17, 15) is 14.4 Å². The Morgan fingerprint density at radius 2 is 1.87 bits per heavy atom. The molecule has 0 saturated heterocycles. The number of nitrogens with two attached hydrogens (primary N) is 1. The van der Waals surface area contributed by atoms with Gasteiger partial charge >= 0.3 is 12.0 Å². The number of carbonyl (C=O) groups excluding carboxylic acids is 2. The molecule has 0 bridgehead atoms. The third-order valence-electron chi connectivity index (χ3n) is 1.37. The van der Waals surface area contributed by atoms with Gasteiger partial charge in [-0.15, -0.1) is 0 Å². The van der Waals surface area contributed by atoms with Gasteiger partial charge in [-0.05, 0) is 13.8 Å². The minimum Gasteiger partial charge on any atom is -0.480 e. The molecule has 86 valence electrons. The molecular weight excluding hydrogens is 202 g/mol. The molecule has 0 radical (unpaired) electrons. The first-order valence-corrected chi connectivity index (χ1v) is 4.38. The van der Waals surface area contributed by atoms with E-state index in [-0.39, 0.29) is 6.04 Å². The fraction of sp³-hybridized carbons (Fsp3) is 0.625. The lowest BCUT2D eigenvalue weighted by Gasteiger charge is -2.20. The third-order valence-corrected chi connectivity index (χ3v) is 1.37. The summed E-state index contributed by atoms with van der Waals surface area (Å²) in [6, 6.07) is -0.757. The Morgan fingerprint density at radius 3 is 2.20 bits per heavy atom. The minimum absolute atomic E-state index is 0.137. The summed E-state index contributed by atoms with van der Waals surface area (Å²) in [6.45, 7) is 2.48. The molecule has 4 N–H and O–H groups in total. The average molecular weight is 217 g/mol. The first kappa shape index (κ1) is 13.2. The minimum atomic E-state index is -1.20.